The van der Waals surface area contributed by atoms with Crippen molar-refractivity contribution in [1.29, 1.82) is 0 Å². The SMILES string of the molecule is Cc1cc(F)c(-n2c(=O)cc(C(F)(F)F)n(N)c2=O)cc1C(=O)OC(C)(C)C(=O)O. The minimum absolute atomic E-state index is 0.00311. The molecular weight excluding hydrogens is 418 g/mol. The number of benzene rings is 1. The molecule has 2 rings (SSSR count). The summed E-state index contributed by atoms with van der Waals surface area (Å²) >= 11 is 0. The van der Waals surface area contributed by atoms with E-state index in [0.29, 0.717) is 6.07 Å². The maximum absolute atomic E-state index is 14.5. The number of carbonyl (C=O) groups excluding carboxylic acids is 1. The molecule has 0 atom stereocenters. The minimum Gasteiger partial charge on any atom is -0.478 e. The van der Waals surface area contributed by atoms with Crippen LogP contribution in [0.1, 0.15) is 35.5 Å². The lowest BCUT2D eigenvalue weighted by Gasteiger charge is -2.21. The van der Waals surface area contributed by atoms with Gasteiger partial charge in [0.15, 0.2) is 5.69 Å². The first-order valence-corrected chi connectivity index (χ1v) is 8.06. The van der Waals surface area contributed by atoms with Gasteiger partial charge in [-0.05, 0) is 38.5 Å². The number of halogens is 4. The third-order valence-electron chi connectivity index (χ3n) is 4.05. The number of nitrogens with zero attached hydrogens (tertiary/aromatic N) is 2. The van der Waals surface area contributed by atoms with Crippen molar-refractivity contribution in [3.8, 4) is 5.69 Å². The number of nitrogens with two attached hydrogens (primary N) is 1. The van der Waals surface area contributed by atoms with Crippen LogP contribution in [0.3, 0.4) is 0 Å². The van der Waals surface area contributed by atoms with Gasteiger partial charge in [0, 0.05) is 6.07 Å². The van der Waals surface area contributed by atoms with Gasteiger partial charge in [-0.15, -0.1) is 0 Å². The Morgan fingerprint density at radius 2 is 1.70 bits per heavy atom. The number of hydrogen-bond donors (Lipinski definition) is 2. The number of ether oxygens (including phenoxy) is 1. The quantitative estimate of drug-likeness (QED) is 0.420. The maximum atomic E-state index is 14.5. The first-order chi connectivity index (χ1) is 13.6. The van der Waals surface area contributed by atoms with Crippen LogP contribution in [-0.2, 0) is 15.7 Å². The van der Waals surface area contributed by atoms with Crippen molar-refractivity contribution >= 4 is 11.9 Å². The van der Waals surface area contributed by atoms with E-state index < -0.39 is 57.7 Å². The fraction of sp³-hybridized carbons (Fsp3) is 0.294. The molecule has 1 aromatic heterocycles. The van der Waals surface area contributed by atoms with Crippen molar-refractivity contribution in [2.24, 2.45) is 0 Å². The Labute approximate surface area is 164 Å². The summed E-state index contributed by atoms with van der Waals surface area (Å²) in [5.74, 6) is 1.18. The van der Waals surface area contributed by atoms with Crippen molar-refractivity contribution in [3.63, 3.8) is 0 Å². The van der Waals surface area contributed by atoms with Crippen LogP contribution in [0.2, 0.25) is 0 Å². The van der Waals surface area contributed by atoms with E-state index in [1.54, 1.807) is 0 Å². The van der Waals surface area contributed by atoms with Crippen molar-refractivity contribution in [2.75, 3.05) is 5.84 Å². The highest BCUT2D eigenvalue weighted by Crippen LogP contribution is 2.27. The molecule has 0 saturated carbocycles. The number of hydrogen-bond acceptors (Lipinski definition) is 6. The fourth-order valence-electron chi connectivity index (χ4n) is 2.38. The number of carboxylic acid groups (broad SMARTS) is 1. The average Bonchev–Trinajstić information content (AvgIpc) is 2.58. The second-order valence-corrected chi connectivity index (χ2v) is 6.68. The largest absolute Gasteiger partial charge is 0.478 e. The highest BCUT2D eigenvalue weighted by atomic mass is 19.4. The third kappa shape index (κ3) is 4.04. The number of aromatic nitrogens is 2. The zero-order valence-electron chi connectivity index (χ0n) is 15.7. The molecule has 1 heterocycles. The van der Waals surface area contributed by atoms with Gasteiger partial charge < -0.3 is 15.7 Å². The molecule has 162 valence electrons. The standard InChI is InChI=1S/C17H15F4N3O6/c1-7-4-9(18)10(5-8(7)13(26)30-16(2,3)14(27)28)23-12(25)6-11(17(19,20)21)24(22)15(23)29/h4-6H,22H2,1-3H3,(H,27,28). The molecule has 1 aromatic carbocycles. The van der Waals surface area contributed by atoms with E-state index >= 15 is 0 Å². The number of nitrogen functional groups attached to an aromatic ring is 1. The molecule has 2 aromatic rings. The third-order valence-corrected chi connectivity index (χ3v) is 4.05. The van der Waals surface area contributed by atoms with E-state index in [-0.39, 0.29) is 20.9 Å². The van der Waals surface area contributed by atoms with E-state index in [1.165, 1.54) is 6.92 Å². The van der Waals surface area contributed by atoms with Gasteiger partial charge in [0.2, 0.25) is 5.60 Å². The molecule has 0 aliphatic heterocycles. The van der Waals surface area contributed by atoms with E-state index in [1.807, 2.05) is 0 Å². The summed E-state index contributed by atoms with van der Waals surface area (Å²) < 4.78 is 57.6. The van der Waals surface area contributed by atoms with Crippen LogP contribution in [-0.4, -0.2) is 31.9 Å². The molecule has 30 heavy (non-hydrogen) atoms. The molecule has 0 saturated heterocycles. The van der Waals surface area contributed by atoms with Crippen molar-refractivity contribution in [2.45, 2.75) is 32.5 Å². The van der Waals surface area contributed by atoms with Gasteiger partial charge in [0.1, 0.15) is 5.82 Å². The van der Waals surface area contributed by atoms with Gasteiger partial charge in [0.25, 0.3) is 5.56 Å². The summed E-state index contributed by atoms with van der Waals surface area (Å²) in [6.45, 7) is 3.40. The second-order valence-electron chi connectivity index (χ2n) is 6.68. The second kappa shape index (κ2) is 7.31. The smallest absolute Gasteiger partial charge is 0.433 e. The summed E-state index contributed by atoms with van der Waals surface area (Å²) in [6.07, 6.45) is -5.13. The average molecular weight is 433 g/mol. The van der Waals surface area contributed by atoms with E-state index in [4.69, 9.17) is 15.7 Å². The number of esters is 1. The lowest BCUT2D eigenvalue weighted by Crippen LogP contribution is -2.45. The Morgan fingerprint density at radius 1 is 1.13 bits per heavy atom. The van der Waals surface area contributed by atoms with E-state index in [9.17, 15) is 36.7 Å². The topological polar surface area (TPSA) is 134 Å². The predicted octanol–water partition coefficient (Wildman–Crippen LogP) is 1.20. The Hall–Kier alpha value is -3.64. The normalized spacial score (nSPS) is 12.0. The monoisotopic (exact) mass is 433 g/mol. The highest BCUT2D eigenvalue weighted by molar-refractivity contribution is 5.94. The summed E-state index contributed by atoms with van der Waals surface area (Å²) in [6, 6.07) is 1.40. The maximum Gasteiger partial charge on any atom is 0.433 e. The zero-order valence-corrected chi connectivity index (χ0v) is 15.7. The minimum atomic E-state index is -5.13. The molecule has 9 nitrogen and oxygen atoms in total. The van der Waals surface area contributed by atoms with Crippen LogP contribution in [0.4, 0.5) is 17.6 Å². The fourth-order valence-corrected chi connectivity index (χ4v) is 2.38. The Kier molecular flexibility index (Phi) is 5.52. The first kappa shape index (κ1) is 22.6. The molecular formula is C17H15F4N3O6. The van der Waals surface area contributed by atoms with Crippen LogP contribution in [0.25, 0.3) is 5.69 Å². The molecule has 0 amide bonds. The lowest BCUT2D eigenvalue weighted by atomic mass is 10.1. The Morgan fingerprint density at radius 3 is 2.20 bits per heavy atom. The number of aliphatic carboxylic acids is 1. The Bertz CT molecular complexity index is 1160. The highest BCUT2D eigenvalue weighted by Gasteiger charge is 2.36. The molecule has 0 spiro atoms. The number of carboxylic acids is 1. The van der Waals surface area contributed by atoms with Crippen molar-refractivity contribution < 1.29 is 37.0 Å². The number of carbonyl (C=O) groups is 2. The zero-order chi connectivity index (χ0) is 23.2. The van der Waals surface area contributed by atoms with Crippen LogP contribution in [0, 0.1) is 12.7 Å². The Balaban J connectivity index is 2.71. The molecule has 13 heteroatoms. The van der Waals surface area contributed by atoms with Crippen LogP contribution in [0.5, 0.6) is 0 Å². The van der Waals surface area contributed by atoms with Gasteiger partial charge in [-0.1, -0.05) is 0 Å². The van der Waals surface area contributed by atoms with Gasteiger partial charge in [-0.3, -0.25) is 4.79 Å². The number of rotatable bonds is 4. The first-order valence-electron chi connectivity index (χ1n) is 8.06. The molecule has 3 N–H and O–H groups in total. The number of alkyl halides is 3. The molecule has 0 fully saturated rings. The van der Waals surface area contributed by atoms with Crippen LogP contribution in [0.15, 0.2) is 27.8 Å². The predicted molar refractivity (Wildman–Crippen MR) is 93.3 cm³/mol. The summed E-state index contributed by atoms with van der Waals surface area (Å²) in [5, 5.41) is 9.05. The van der Waals surface area contributed by atoms with Gasteiger partial charge >= 0.3 is 23.8 Å². The number of aryl methyl sites for hydroxylation is 1. The van der Waals surface area contributed by atoms with Crippen LogP contribution >= 0.6 is 0 Å². The van der Waals surface area contributed by atoms with Crippen LogP contribution < -0.4 is 17.1 Å². The molecule has 0 aliphatic carbocycles. The van der Waals surface area contributed by atoms with Crippen molar-refractivity contribution in [3.05, 3.63) is 61.7 Å². The molecule has 0 bridgehead atoms. The molecule has 0 unspecified atom stereocenters. The molecule has 0 radical (unpaired) electrons. The summed E-state index contributed by atoms with van der Waals surface area (Å²) in [4.78, 5) is 47.8. The van der Waals surface area contributed by atoms with Gasteiger partial charge in [0.05, 0.1) is 11.3 Å². The van der Waals surface area contributed by atoms with Crippen molar-refractivity contribution in [1.82, 2.24) is 9.24 Å². The van der Waals surface area contributed by atoms with Gasteiger partial charge in [-0.25, -0.2) is 28.0 Å². The lowest BCUT2D eigenvalue weighted by molar-refractivity contribution is -0.155. The van der Waals surface area contributed by atoms with E-state index in [0.717, 1.165) is 19.9 Å². The van der Waals surface area contributed by atoms with Gasteiger partial charge in [-0.2, -0.15) is 13.2 Å². The summed E-state index contributed by atoms with van der Waals surface area (Å²) in [5.41, 5.74) is -8.34. The summed E-state index contributed by atoms with van der Waals surface area (Å²) in [7, 11) is 0. The van der Waals surface area contributed by atoms with E-state index in [2.05, 4.69) is 0 Å². The molecule has 0 aliphatic rings.